The lowest BCUT2D eigenvalue weighted by Crippen LogP contribution is -2.32. The lowest BCUT2D eigenvalue weighted by molar-refractivity contribution is -0.116. The third-order valence-corrected chi connectivity index (χ3v) is 6.11. The molecule has 0 aliphatic carbocycles. The van der Waals surface area contributed by atoms with Gasteiger partial charge in [0.1, 0.15) is 0 Å². The van der Waals surface area contributed by atoms with E-state index < -0.39 is 10.0 Å². The molecule has 2 rings (SSSR count). The van der Waals surface area contributed by atoms with Crippen LogP contribution in [-0.2, 0) is 19.6 Å². The van der Waals surface area contributed by atoms with Crippen molar-refractivity contribution in [1.29, 1.82) is 0 Å². The third kappa shape index (κ3) is 7.67. The van der Waals surface area contributed by atoms with Crippen LogP contribution < -0.4 is 9.62 Å². The molecule has 32 heavy (non-hydrogen) atoms. The van der Waals surface area contributed by atoms with Crippen molar-refractivity contribution in [2.24, 2.45) is 0 Å². The first-order valence-corrected chi connectivity index (χ1v) is 12.6. The second kappa shape index (κ2) is 11.7. The van der Waals surface area contributed by atoms with Crippen LogP contribution in [0.25, 0.3) is 0 Å². The summed E-state index contributed by atoms with van der Waals surface area (Å²) in [5, 5.41) is 2.77. The molecular formula is C24H32N2O5S. The van der Waals surface area contributed by atoms with E-state index in [4.69, 9.17) is 4.74 Å². The molecule has 0 atom stereocenters. The topological polar surface area (TPSA) is 92.8 Å². The highest BCUT2D eigenvalue weighted by Crippen LogP contribution is 2.24. The van der Waals surface area contributed by atoms with Crippen molar-refractivity contribution in [2.45, 2.75) is 46.5 Å². The summed E-state index contributed by atoms with van der Waals surface area (Å²) in [6.07, 6.45) is 3.47. The van der Waals surface area contributed by atoms with E-state index in [0.29, 0.717) is 30.0 Å². The molecule has 174 valence electrons. The number of esters is 1. The number of anilines is 2. The number of rotatable bonds is 11. The number of hydrogen-bond acceptors (Lipinski definition) is 5. The fraction of sp³-hybridized carbons (Fsp3) is 0.417. The first kappa shape index (κ1) is 25.4. The van der Waals surface area contributed by atoms with E-state index in [9.17, 15) is 18.0 Å². The Bertz CT molecular complexity index is 1030. The minimum atomic E-state index is -3.48. The molecule has 0 saturated heterocycles. The molecule has 0 aromatic heterocycles. The predicted octanol–water partition coefficient (Wildman–Crippen LogP) is 4.45. The van der Waals surface area contributed by atoms with Crippen molar-refractivity contribution in [3.05, 3.63) is 59.2 Å². The summed E-state index contributed by atoms with van der Waals surface area (Å²) in [6.45, 7) is 6.39. The van der Waals surface area contributed by atoms with E-state index in [1.54, 1.807) is 24.3 Å². The Labute approximate surface area is 190 Å². The molecule has 1 N–H and O–H groups in total. The summed E-state index contributed by atoms with van der Waals surface area (Å²) in [5.74, 6) is -0.610. The molecule has 2 aromatic carbocycles. The van der Waals surface area contributed by atoms with Gasteiger partial charge < -0.3 is 10.1 Å². The molecular weight excluding hydrogens is 428 g/mol. The summed E-state index contributed by atoms with van der Waals surface area (Å²) in [5.41, 5.74) is 3.45. The van der Waals surface area contributed by atoms with Crippen molar-refractivity contribution in [3.8, 4) is 0 Å². The Balaban J connectivity index is 1.91. The second-order valence-corrected chi connectivity index (χ2v) is 9.75. The fourth-order valence-corrected chi connectivity index (χ4v) is 4.16. The van der Waals surface area contributed by atoms with E-state index in [2.05, 4.69) is 5.32 Å². The van der Waals surface area contributed by atoms with E-state index in [-0.39, 0.29) is 24.8 Å². The van der Waals surface area contributed by atoms with Crippen LogP contribution in [0.3, 0.4) is 0 Å². The SMILES string of the molecule is CCCCOC(=O)c1ccc(NC(=O)CCCN(c2cc(C)ccc2C)S(C)(=O)=O)cc1. The minimum absolute atomic E-state index is 0.164. The molecule has 0 aliphatic heterocycles. The van der Waals surface area contributed by atoms with Crippen molar-refractivity contribution in [2.75, 3.05) is 29.0 Å². The molecule has 0 fully saturated rings. The Hall–Kier alpha value is -2.87. The normalized spacial score (nSPS) is 11.1. The first-order chi connectivity index (χ1) is 15.1. The van der Waals surface area contributed by atoms with Crippen molar-refractivity contribution in [3.63, 3.8) is 0 Å². The molecule has 0 bridgehead atoms. The standard InChI is InChI=1S/C24H32N2O5S/c1-5-6-16-31-24(28)20-11-13-21(14-12-20)25-23(27)8-7-15-26(32(4,29)30)22-17-18(2)9-10-19(22)3/h9-14,17H,5-8,15-16H2,1-4H3,(H,25,27). The number of amides is 1. The second-order valence-electron chi connectivity index (χ2n) is 7.84. The zero-order valence-corrected chi connectivity index (χ0v) is 20.0. The van der Waals surface area contributed by atoms with Crippen molar-refractivity contribution >= 4 is 33.3 Å². The van der Waals surface area contributed by atoms with Gasteiger partial charge in [0.25, 0.3) is 0 Å². The highest BCUT2D eigenvalue weighted by atomic mass is 32.2. The number of unbranched alkanes of at least 4 members (excludes halogenated alkanes) is 1. The Morgan fingerprint density at radius 2 is 1.72 bits per heavy atom. The van der Waals surface area contributed by atoms with Gasteiger partial charge in [0, 0.05) is 18.7 Å². The van der Waals surface area contributed by atoms with E-state index in [1.807, 2.05) is 39.0 Å². The van der Waals surface area contributed by atoms with E-state index in [0.717, 1.165) is 24.0 Å². The number of benzene rings is 2. The Morgan fingerprint density at radius 3 is 2.34 bits per heavy atom. The van der Waals surface area contributed by atoms with Gasteiger partial charge in [0.05, 0.1) is 24.1 Å². The maximum atomic E-state index is 12.3. The predicted molar refractivity (Wildman–Crippen MR) is 128 cm³/mol. The third-order valence-electron chi connectivity index (χ3n) is 4.93. The van der Waals surface area contributed by atoms with Gasteiger partial charge in [-0.3, -0.25) is 9.10 Å². The first-order valence-electron chi connectivity index (χ1n) is 10.7. The van der Waals surface area contributed by atoms with Gasteiger partial charge in [-0.15, -0.1) is 0 Å². The zero-order chi connectivity index (χ0) is 23.7. The summed E-state index contributed by atoms with van der Waals surface area (Å²) in [6, 6.07) is 12.2. The zero-order valence-electron chi connectivity index (χ0n) is 19.2. The molecule has 0 radical (unpaired) electrons. The van der Waals surface area contributed by atoms with E-state index in [1.165, 1.54) is 10.6 Å². The summed E-state index contributed by atoms with van der Waals surface area (Å²) < 4.78 is 31.2. The molecule has 0 heterocycles. The minimum Gasteiger partial charge on any atom is -0.462 e. The lowest BCUT2D eigenvalue weighted by Gasteiger charge is -2.24. The van der Waals surface area contributed by atoms with Crippen LogP contribution in [0.4, 0.5) is 11.4 Å². The molecule has 7 nitrogen and oxygen atoms in total. The van der Waals surface area contributed by atoms with Crippen LogP contribution in [0.15, 0.2) is 42.5 Å². The quantitative estimate of drug-likeness (QED) is 0.395. The molecule has 0 saturated carbocycles. The highest BCUT2D eigenvalue weighted by molar-refractivity contribution is 7.92. The van der Waals surface area contributed by atoms with Gasteiger partial charge in [0.15, 0.2) is 0 Å². The van der Waals surface area contributed by atoms with Crippen LogP contribution in [-0.4, -0.2) is 39.7 Å². The molecule has 0 aliphatic rings. The van der Waals surface area contributed by atoms with Gasteiger partial charge in [-0.2, -0.15) is 0 Å². The van der Waals surface area contributed by atoms with Crippen LogP contribution in [0.1, 0.15) is 54.1 Å². The number of aryl methyl sites for hydroxylation is 2. The summed E-state index contributed by atoms with van der Waals surface area (Å²) >= 11 is 0. The number of ether oxygens (including phenoxy) is 1. The molecule has 1 amide bonds. The monoisotopic (exact) mass is 460 g/mol. The van der Waals surface area contributed by atoms with Crippen LogP contribution >= 0.6 is 0 Å². The smallest absolute Gasteiger partial charge is 0.338 e. The van der Waals surface area contributed by atoms with Gasteiger partial charge >= 0.3 is 5.97 Å². The largest absolute Gasteiger partial charge is 0.462 e. The number of nitrogens with zero attached hydrogens (tertiary/aromatic N) is 1. The maximum absolute atomic E-state index is 12.3. The van der Waals surface area contributed by atoms with Crippen molar-refractivity contribution < 1.29 is 22.7 Å². The van der Waals surface area contributed by atoms with E-state index >= 15 is 0 Å². The number of sulfonamides is 1. The van der Waals surface area contributed by atoms with Crippen LogP contribution in [0.5, 0.6) is 0 Å². The number of carbonyl (C=O) groups excluding carboxylic acids is 2. The average molecular weight is 461 g/mol. The Morgan fingerprint density at radius 1 is 1.03 bits per heavy atom. The molecule has 2 aromatic rings. The molecule has 0 spiro atoms. The maximum Gasteiger partial charge on any atom is 0.338 e. The number of nitrogens with one attached hydrogen (secondary N) is 1. The highest BCUT2D eigenvalue weighted by Gasteiger charge is 2.19. The number of hydrogen-bond donors (Lipinski definition) is 1. The van der Waals surface area contributed by atoms with Crippen LogP contribution in [0, 0.1) is 13.8 Å². The van der Waals surface area contributed by atoms with Gasteiger partial charge in [-0.1, -0.05) is 25.5 Å². The van der Waals surface area contributed by atoms with Gasteiger partial charge in [-0.25, -0.2) is 13.2 Å². The Kier molecular flexibility index (Phi) is 9.26. The fourth-order valence-electron chi connectivity index (χ4n) is 3.14. The molecule has 0 unspecified atom stereocenters. The average Bonchev–Trinajstić information content (AvgIpc) is 2.73. The summed E-state index contributed by atoms with van der Waals surface area (Å²) in [4.78, 5) is 24.3. The van der Waals surface area contributed by atoms with Crippen molar-refractivity contribution in [1.82, 2.24) is 0 Å². The summed E-state index contributed by atoms with van der Waals surface area (Å²) in [7, 11) is -3.48. The number of carbonyl (C=O) groups is 2. The molecule has 8 heteroatoms. The van der Waals surface area contributed by atoms with Gasteiger partial charge in [-0.05, 0) is 68.1 Å². The van der Waals surface area contributed by atoms with Gasteiger partial charge in [0.2, 0.25) is 15.9 Å². The van der Waals surface area contributed by atoms with Crippen LogP contribution in [0.2, 0.25) is 0 Å². The lowest BCUT2D eigenvalue weighted by atomic mass is 10.1.